The molecule has 4 rings (SSSR count). The molecule has 2 aliphatic heterocycles. The molecule has 0 spiro atoms. The number of alkyl halides is 3. The first kappa shape index (κ1) is 19.2. The molecule has 4 nitrogen and oxygen atoms in total. The monoisotopic (exact) mass is 399 g/mol. The van der Waals surface area contributed by atoms with Crippen LogP contribution in [0.5, 0.6) is 0 Å². The molecule has 0 bridgehead atoms. The molecule has 1 amide bonds. The van der Waals surface area contributed by atoms with Crippen molar-refractivity contribution in [3.63, 3.8) is 0 Å². The van der Waals surface area contributed by atoms with Gasteiger partial charge in [-0.3, -0.25) is 9.79 Å². The fraction of sp³-hybridized carbons (Fsp3) is 0.273. The summed E-state index contributed by atoms with van der Waals surface area (Å²) in [5, 5.41) is 6.07. The molecule has 0 aromatic heterocycles. The van der Waals surface area contributed by atoms with Crippen LogP contribution in [0.3, 0.4) is 0 Å². The molecule has 1 unspecified atom stereocenters. The zero-order valence-corrected chi connectivity index (χ0v) is 16.0. The van der Waals surface area contributed by atoms with Gasteiger partial charge in [0.15, 0.2) is 0 Å². The highest BCUT2D eigenvalue weighted by atomic mass is 19.4. The largest absolute Gasteiger partial charge is 0.416 e. The van der Waals surface area contributed by atoms with Crippen LogP contribution in [0.4, 0.5) is 13.2 Å². The quantitative estimate of drug-likeness (QED) is 0.802. The number of rotatable bonds is 2. The first-order valence-electron chi connectivity index (χ1n) is 9.26. The van der Waals surface area contributed by atoms with E-state index < -0.39 is 23.3 Å². The van der Waals surface area contributed by atoms with Gasteiger partial charge in [0.1, 0.15) is 5.70 Å². The van der Waals surface area contributed by atoms with E-state index in [0.717, 1.165) is 17.7 Å². The van der Waals surface area contributed by atoms with Crippen LogP contribution in [0, 0.1) is 0 Å². The van der Waals surface area contributed by atoms with Gasteiger partial charge in [0.2, 0.25) is 0 Å². The van der Waals surface area contributed by atoms with Gasteiger partial charge in [0.25, 0.3) is 5.91 Å². The van der Waals surface area contributed by atoms with E-state index in [9.17, 15) is 18.0 Å². The third-order valence-electron chi connectivity index (χ3n) is 5.01. The lowest BCUT2D eigenvalue weighted by molar-refractivity contribution is -0.137. The number of hydrogen-bond donors (Lipinski definition) is 2. The summed E-state index contributed by atoms with van der Waals surface area (Å²) in [5.74, 6) is -0.346. The molecule has 1 atom stereocenters. The van der Waals surface area contributed by atoms with E-state index in [1.807, 2.05) is 44.2 Å². The Balaban J connectivity index is 1.88. The van der Waals surface area contributed by atoms with E-state index >= 15 is 0 Å². The molecule has 0 fully saturated rings. The predicted molar refractivity (Wildman–Crippen MR) is 104 cm³/mol. The average Bonchev–Trinajstić information content (AvgIpc) is 2.89. The van der Waals surface area contributed by atoms with Crippen LogP contribution in [0.2, 0.25) is 0 Å². The molecular formula is C22H20F3N3O. The topological polar surface area (TPSA) is 53.5 Å². The summed E-state index contributed by atoms with van der Waals surface area (Å²) in [6.45, 7) is 4.28. The van der Waals surface area contributed by atoms with E-state index in [1.165, 1.54) is 6.07 Å². The van der Waals surface area contributed by atoms with Crippen molar-refractivity contribution in [2.24, 2.45) is 4.99 Å². The molecule has 29 heavy (non-hydrogen) atoms. The number of amides is 1. The normalized spacial score (nSPS) is 21.1. The second kappa shape index (κ2) is 6.76. The summed E-state index contributed by atoms with van der Waals surface area (Å²) in [7, 11) is 0. The van der Waals surface area contributed by atoms with Crippen molar-refractivity contribution in [1.82, 2.24) is 10.6 Å². The lowest BCUT2D eigenvalue weighted by Crippen LogP contribution is -2.43. The molecule has 0 radical (unpaired) electrons. The minimum atomic E-state index is -4.46. The van der Waals surface area contributed by atoms with Gasteiger partial charge in [0, 0.05) is 11.1 Å². The van der Waals surface area contributed by atoms with E-state index in [4.69, 9.17) is 4.99 Å². The Hall–Kier alpha value is -3.09. The number of benzene rings is 2. The molecule has 2 aromatic rings. The van der Waals surface area contributed by atoms with Crippen LogP contribution in [-0.4, -0.2) is 23.7 Å². The van der Waals surface area contributed by atoms with Gasteiger partial charge >= 0.3 is 6.18 Å². The highest BCUT2D eigenvalue weighted by molar-refractivity contribution is 6.19. The Bertz CT molecular complexity index is 1020. The Morgan fingerprint density at radius 2 is 1.79 bits per heavy atom. The summed E-state index contributed by atoms with van der Waals surface area (Å²) in [6, 6.07) is 13.7. The van der Waals surface area contributed by atoms with Gasteiger partial charge in [0.05, 0.1) is 29.4 Å². The zero-order valence-electron chi connectivity index (χ0n) is 16.0. The third kappa shape index (κ3) is 3.64. The first-order valence-corrected chi connectivity index (χ1v) is 9.26. The van der Waals surface area contributed by atoms with Gasteiger partial charge in [-0.25, -0.2) is 0 Å². The van der Waals surface area contributed by atoms with Crippen LogP contribution in [0.1, 0.15) is 36.6 Å². The van der Waals surface area contributed by atoms with Crippen molar-refractivity contribution in [2.75, 3.05) is 6.54 Å². The molecule has 2 aliphatic rings. The molecule has 2 heterocycles. The van der Waals surface area contributed by atoms with E-state index in [-0.39, 0.29) is 5.91 Å². The Morgan fingerprint density at radius 3 is 2.48 bits per heavy atom. The number of aliphatic imine (C=N–C) groups is 1. The SMILES string of the molecule is CC1(C)CN=C(c2ccccc2)C2=C(N1)C(=O)NC2c1cccc(C(F)(F)F)c1. The molecule has 7 heteroatoms. The summed E-state index contributed by atoms with van der Waals surface area (Å²) in [4.78, 5) is 17.5. The number of halogens is 3. The maximum Gasteiger partial charge on any atom is 0.416 e. The zero-order chi connectivity index (χ0) is 20.8. The second-order valence-electron chi connectivity index (χ2n) is 7.86. The molecule has 150 valence electrons. The summed E-state index contributed by atoms with van der Waals surface area (Å²) in [5.41, 5.74) is 1.50. The Labute approximate surface area is 166 Å². The van der Waals surface area contributed by atoms with Crippen LogP contribution in [0.25, 0.3) is 0 Å². The lowest BCUT2D eigenvalue weighted by Gasteiger charge is -2.24. The van der Waals surface area contributed by atoms with E-state index in [1.54, 1.807) is 6.07 Å². The molecule has 0 aliphatic carbocycles. The molecular weight excluding hydrogens is 379 g/mol. The van der Waals surface area contributed by atoms with Gasteiger partial charge in [-0.15, -0.1) is 0 Å². The van der Waals surface area contributed by atoms with Gasteiger partial charge in [-0.1, -0.05) is 42.5 Å². The van der Waals surface area contributed by atoms with Crippen LogP contribution < -0.4 is 10.6 Å². The van der Waals surface area contributed by atoms with Crippen LogP contribution in [-0.2, 0) is 11.0 Å². The van der Waals surface area contributed by atoms with Crippen molar-refractivity contribution in [1.29, 1.82) is 0 Å². The number of carbonyl (C=O) groups is 1. The van der Waals surface area contributed by atoms with Crippen LogP contribution in [0.15, 0.2) is 70.9 Å². The highest BCUT2D eigenvalue weighted by Crippen LogP contribution is 2.37. The van der Waals surface area contributed by atoms with Gasteiger partial charge in [-0.2, -0.15) is 13.2 Å². The van der Waals surface area contributed by atoms with Crippen molar-refractivity contribution < 1.29 is 18.0 Å². The third-order valence-corrected chi connectivity index (χ3v) is 5.01. The minimum Gasteiger partial charge on any atom is -0.373 e. The fourth-order valence-corrected chi connectivity index (χ4v) is 3.65. The van der Waals surface area contributed by atoms with Gasteiger partial charge in [-0.05, 0) is 31.5 Å². The Morgan fingerprint density at radius 1 is 1.07 bits per heavy atom. The number of nitrogens with one attached hydrogen (secondary N) is 2. The molecule has 0 saturated heterocycles. The van der Waals surface area contributed by atoms with Crippen molar-refractivity contribution in [3.8, 4) is 0 Å². The lowest BCUT2D eigenvalue weighted by atomic mass is 9.91. The second-order valence-corrected chi connectivity index (χ2v) is 7.86. The number of nitrogens with zero attached hydrogens (tertiary/aromatic N) is 1. The maximum absolute atomic E-state index is 13.2. The first-order chi connectivity index (χ1) is 13.7. The number of hydrogen-bond acceptors (Lipinski definition) is 3. The fourth-order valence-electron chi connectivity index (χ4n) is 3.65. The minimum absolute atomic E-state index is 0.346. The molecule has 0 saturated carbocycles. The van der Waals surface area contributed by atoms with Crippen LogP contribution >= 0.6 is 0 Å². The Kier molecular flexibility index (Phi) is 4.48. The van der Waals surface area contributed by atoms with E-state index in [2.05, 4.69) is 10.6 Å². The van der Waals surface area contributed by atoms with E-state index in [0.29, 0.717) is 29.1 Å². The smallest absolute Gasteiger partial charge is 0.373 e. The van der Waals surface area contributed by atoms with Gasteiger partial charge < -0.3 is 10.6 Å². The highest BCUT2D eigenvalue weighted by Gasteiger charge is 2.40. The van der Waals surface area contributed by atoms with Crippen molar-refractivity contribution in [3.05, 3.63) is 82.6 Å². The average molecular weight is 399 g/mol. The van der Waals surface area contributed by atoms with Crippen molar-refractivity contribution >= 4 is 11.6 Å². The standard InChI is InChI=1S/C22H20F3N3O/c1-21(2)12-26-17(13-7-4-3-5-8-13)16-18(27-20(29)19(16)28-21)14-9-6-10-15(11-14)22(23,24)25/h3-11,18,28H,12H2,1-2H3,(H,27,29). The molecule has 2 aromatic carbocycles. The summed E-state index contributed by atoms with van der Waals surface area (Å²) < 4.78 is 39.7. The summed E-state index contributed by atoms with van der Waals surface area (Å²) >= 11 is 0. The maximum atomic E-state index is 13.2. The number of carbonyl (C=O) groups excluding carboxylic acids is 1. The predicted octanol–water partition coefficient (Wildman–Crippen LogP) is 4.00. The summed E-state index contributed by atoms with van der Waals surface area (Å²) in [6.07, 6.45) is -4.46. The van der Waals surface area contributed by atoms with Crippen molar-refractivity contribution in [2.45, 2.75) is 31.6 Å². The molecule has 2 N–H and O–H groups in total.